The van der Waals surface area contributed by atoms with Crippen LogP contribution in [-0.2, 0) is 14.8 Å². The summed E-state index contributed by atoms with van der Waals surface area (Å²) in [6, 6.07) is 12.3. The molecule has 0 unspecified atom stereocenters. The number of carbonyl (C=O) groups excluding carboxylic acids is 1. The second-order valence-corrected chi connectivity index (χ2v) is 8.72. The molecule has 0 radical (unpaired) electrons. The number of amides is 1. The molecule has 0 fully saturated rings. The fourth-order valence-electron chi connectivity index (χ4n) is 2.75. The lowest BCUT2D eigenvalue weighted by Gasteiger charge is -2.25. The van der Waals surface area contributed by atoms with Gasteiger partial charge in [0.1, 0.15) is 12.3 Å². The van der Waals surface area contributed by atoms with Crippen LogP contribution in [0, 0.1) is 0 Å². The molecule has 1 atom stereocenters. The zero-order valence-electron chi connectivity index (χ0n) is 16.2. The van der Waals surface area contributed by atoms with Crippen LogP contribution in [0.4, 0.5) is 5.69 Å². The van der Waals surface area contributed by atoms with Gasteiger partial charge in [0.25, 0.3) is 10.0 Å². The fraction of sp³-hybridized carbons (Fsp3) is 0.350. The normalized spacial score (nSPS) is 12.3. The molecule has 0 saturated carbocycles. The monoisotopic (exact) mass is 424 g/mol. The Balaban J connectivity index is 2.36. The molecule has 0 aromatic heterocycles. The second kappa shape index (κ2) is 9.80. The highest BCUT2D eigenvalue weighted by Crippen LogP contribution is 2.26. The molecule has 0 bridgehead atoms. The van der Waals surface area contributed by atoms with Gasteiger partial charge in [-0.05, 0) is 61.9 Å². The molecule has 1 N–H and O–H groups in total. The molecular weight excluding hydrogens is 400 g/mol. The summed E-state index contributed by atoms with van der Waals surface area (Å²) in [4.78, 5) is 12.6. The predicted octanol–water partition coefficient (Wildman–Crippen LogP) is 3.85. The standard InChI is InChI=1S/C20H25ClN2O4S/c1-4-5-15(2)22-20(24)14-23(17-8-6-16(21)7-9-17)28(25,26)19-12-10-18(27-3)11-13-19/h6-13,15H,4-5,14H2,1-3H3,(H,22,24)/t15-/m0/s1. The van der Waals surface area contributed by atoms with Crippen LogP contribution in [0.1, 0.15) is 26.7 Å². The number of ether oxygens (including phenoxy) is 1. The number of benzene rings is 2. The van der Waals surface area contributed by atoms with Gasteiger partial charge in [0.05, 0.1) is 17.7 Å². The van der Waals surface area contributed by atoms with Gasteiger partial charge in [-0.1, -0.05) is 24.9 Å². The molecular formula is C20H25ClN2O4S. The summed E-state index contributed by atoms with van der Waals surface area (Å²) >= 11 is 5.93. The maximum Gasteiger partial charge on any atom is 0.264 e. The first-order valence-electron chi connectivity index (χ1n) is 8.99. The van der Waals surface area contributed by atoms with E-state index in [4.69, 9.17) is 16.3 Å². The summed E-state index contributed by atoms with van der Waals surface area (Å²) in [5, 5.41) is 3.32. The molecule has 0 aliphatic heterocycles. The summed E-state index contributed by atoms with van der Waals surface area (Å²) in [7, 11) is -2.46. The molecule has 28 heavy (non-hydrogen) atoms. The Labute approximate surface area is 171 Å². The van der Waals surface area contributed by atoms with Gasteiger partial charge in [-0.15, -0.1) is 0 Å². The van der Waals surface area contributed by atoms with Gasteiger partial charge >= 0.3 is 0 Å². The Morgan fingerprint density at radius 2 is 1.75 bits per heavy atom. The minimum absolute atomic E-state index is 0.0340. The van der Waals surface area contributed by atoms with Crippen molar-refractivity contribution in [3.05, 3.63) is 53.6 Å². The van der Waals surface area contributed by atoms with Crippen LogP contribution in [0.25, 0.3) is 0 Å². The lowest BCUT2D eigenvalue weighted by Crippen LogP contribution is -2.43. The Morgan fingerprint density at radius 1 is 1.14 bits per heavy atom. The molecule has 2 aromatic carbocycles. The van der Waals surface area contributed by atoms with E-state index in [9.17, 15) is 13.2 Å². The number of hydrogen-bond donors (Lipinski definition) is 1. The molecule has 1 amide bonds. The zero-order chi connectivity index (χ0) is 20.7. The zero-order valence-corrected chi connectivity index (χ0v) is 17.8. The number of nitrogens with zero attached hydrogens (tertiary/aromatic N) is 1. The van der Waals surface area contributed by atoms with Gasteiger partial charge in [-0.3, -0.25) is 9.10 Å². The van der Waals surface area contributed by atoms with Crippen LogP contribution in [0.15, 0.2) is 53.4 Å². The Kier molecular flexibility index (Phi) is 7.71. The number of carbonyl (C=O) groups is 1. The summed E-state index contributed by atoms with van der Waals surface area (Å²) < 4.78 is 32.6. The third-order valence-electron chi connectivity index (χ3n) is 4.18. The molecule has 152 valence electrons. The van der Waals surface area contributed by atoms with Crippen LogP contribution >= 0.6 is 11.6 Å². The molecule has 2 aromatic rings. The maximum absolute atomic E-state index is 13.2. The van der Waals surface area contributed by atoms with Crippen molar-refractivity contribution in [2.45, 2.75) is 37.6 Å². The Morgan fingerprint density at radius 3 is 2.29 bits per heavy atom. The van der Waals surface area contributed by atoms with E-state index >= 15 is 0 Å². The van der Waals surface area contributed by atoms with E-state index in [2.05, 4.69) is 5.32 Å². The van der Waals surface area contributed by atoms with Crippen LogP contribution in [-0.4, -0.2) is 34.0 Å². The molecule has 2 rings (SSSR count). The van der Waals surface area contributed by atoms with E-state index in [0.29, 0.717) is 16.5 Å². The average Bonchev–Trinajstić information content (AvgIpc) is 2.67. The highest BCUT2D eigenvalue weighted by molar-refractivity contribution is 7.92. The van der Waals surface area contributed by atoms with Crippen LogP contribution < -0.4 is 14.4 Å². The topological polar surface area (TPSA) is 75.7 Å². The minimum Gasteiger partial charge on any atom is -0.497 e. The first-order chi connectivity index (χ1) is 13.3. The number of anilines is 1. The number of halogens is 1. The van der Waals surface area contributed by atoms with Gasteiger partial charge in [0, 0.05) is 11.1 Å². The van der Waals surface area contributed by atoms with Gasteiger partial charge in [-0.25, -0.2) is 8.42 Å². The smallest absolute Gasteiger partial charge is 0.264 e. The summed E-state index contributed by atoms with van der Waals surface area (Å²) in [6.45, 7) is 3.59. The van der Waals surface area contributed by atoms with E-state index in [-0.39, 0.29) is 23.4 Å². The van der Waals surface area contributed by atoms with Crippen molar-refractivity contribution in [1.82, 2.24) is 5.32 Å². The fourth-order valence-corrected chi connectivity index (χ4v) is 4.30. The maximum atomic E-state index is 13.2. The summed E-state index contributed by atoms with van der Waals surface area (Å²) in [5.74, 6) is 0.177. The van der Waals surface area contributed by atoms with Crippen molar-refractivity contribution in [3.8, 4) is 5.75 Å². The van der Waals surface area contributed by atoms with Crippen molar-refractivity contribution < 1.29 is 17.9 Å². The SMILES string of the molecule is CCC[C@H](C)NC(=O)CN(c1ccc(Cl)cc1)S(=O)(=O)c1ccc(OC)cc1. The van der Waals surface area contributed by atoms with Crippen LogP contribution in [0.5, 0.6) is 5.75 Å². The minimum atomic E-state index is -3.96. The summed E-state index contributed by atoms with van der Waals surface area (Å²) in [5.41, 5.74) is 0.360. The Bertz CT molecular complexity index is 883. The van der Waals surface area contributed by atoms with E-state index in [1.165, 1.54) is 19.2 Å². The predicted molar refractivity (Wildman–Crippen MR) is 111 cm³/mol. The van der Waals surface area contributed by atoms with Crippen molar-refractivity contribution in [3.63, 3.8) is 0 Å². The number of rotatable bonds is 9. The lowest BCUT2D eigenvalue weighted by molar-refractivity contribution is -0.120. The van der Waals surface area contributed by atoms with Crippen LogP contribution in [0.3, 0.4) is 0 Å². The number of methoxy groups -OCH3 is 1. The first-order valence-corrected chi connectivity index (χ1v) is 10.8. The Hall–Kier alpha value is -2.25. The highest BCUT2D eigenvalue weighted by atomic mass is 35.5. The van der Waals surface area contributed by atoms with E-state index in [1.54, 1.807) is 36.4 Å². The van der Waals surface area contributed by atoms with Gasteiger partial charge in [0.2, 0.25) is 5.91 Å². The van der Waals surface area contributed by atoms with E-state index in [0.717, 1.165) is 17.1 Å². The number of hydrogen-bond acceptors (Lipinski definition) is 4. The molecule has 8 heteroatoms. The lowest BCUT2D eigenvalue weighted by atomic mass is 10.2. The highest BCUT2D eigenvalue weighted by Gasteiger charge is 2.27. The summed E-state index contributed by atoms with van der Waals surface area (Å²) in [6.07, 6.45) is 1.74. The third kappa shape index (κ3) is 5.62. The third-order valence-corrected chi connectivity index (χ3v) is 6.22. The van der Waals surface area contributed by atoms with Gasteiger partial charge in [-0.2, -0.15) is 0 Å². The van der Waals surface area contributed by atoms with Crippen molar-refractivity contribution >= 4 is 33.2 Å². The molecule has 0 saturated heterocycles. The molecule has 0 aliphatic carbocycles. The molecule has 6 nitrogen and oxygen atoms in total. The van der Waals surface area contributed by atoms with Crippen molar-refractivity contribution in [1.29, 1.82) is 0 Å². The van der Waals surface area contributed by atoms with E-state index < -0.39 is 10.0 Å². The quantitative estimate of drug-likeness (QED) is 0.663. The number of nitrogens with one attached hydrogen (secondary N) is 1. The van der Waals surface area contributed by atoms with Gasteiger partial charge < -0.3 is 10.1 Å². The van der Waals surface area contributed by atoms with Crippen molar-refractivity contribution in [2.75, 3.05) is 18.0 Å². The van der Waals surface area contributed by atoms with Gasteiger partial charge in [0.15, 0.2) is 0 Å². The average molecular weight is 425 g/mol. The molecule has 0 spiro atoms. The molecule has 0 heterocycles. The molecule has 0 aliphatic rings. The largest absolute Gasteiger partial charge is 0.497 e. The van der Waals surface area contributed by atoms with Crippen molar-refractivity contribution in [2.24, 2.45) is 0 Å². The first kappa shape index (κ1) is 22.0. The van der Waals surface area contributed by atoms with E-state index in [1.807, 2.05) is 13.8 Å². The number of sulfonamides is 1. The second-order valence-electron chi connectivity index (χ2n) is 6.42. The van der Waals surface area contributed by atoms with Crippen LogP contribution in [0.2, 0.25) is 5.02 Å².